The normalized spacial score (nSPS) is 14.8. The summed E-state index contributed by atoms with van der Waals surface area (Å²) in [5, 5.41) is -0.395. The lowest BCUT2D eigenvalue weighted by Crippen LogP contribution is -2.32. The molecule has 1 aliphatic rings. The molecule has 0 unspecified atom stereocenters. The SMILES string of the molecule is COc1ccc(S(=O)(=O)Oc2cccc(/C=C3\SC(=O)N(CCOc4ccc(C)cc4)C3=O)c2)cc1. The van der Waals surface area contributed by atoms with Crippen molar-refractivity contribution in [2.24, 2.45) is 0 Å². The van der Waals surface area contributed by atoms with E-state index in [1.165, 1.54) is 49.6 Å². The molecule has 1 saturated heterocycles. The third-order valence-corrected chi connectivity index (χ3v) is 7.36. The highest BCUT2D eigenvalue weighted by Crippen LogP contribution is 2.33. The molecule has 36 heavy (non-hydrogen) atoms. The molecular formula is C26H23NO7S2. The molecular weight excluding hydrogens is 502 g/mol. The van der Waals surface area contributed by atoms with Gasteiger partial charge in [-0.05, 0) is 78.9 Å². The minimum Gasteiger partial charge on any atom is -0.497 e. The summed E-state index contributed by atoms with van der Waals surface area (Å²) in [5.41, 5.74) is 1.62. The Labute approximate surface area is 213 Å². The van der Waals surface area contributed by atoms with Gasteiger partial charge in [0.1, 0.15) is 28.8 Å². The maximum absolute atomic E-state index is 12.8. The molecule has 1 aliphatic heterocycles. The number of aryl methyl sites for hydroxylation is 1. The van der Waals surface area contributed by atoms with Crippen LogP contribution in [0.5, 0.6) is 17.2 Å². The summed E-state index contributed by atoms with van der Waals surface area (Å²) in [6, 6.07) is 19.6. The summed E-state index contributed by atoms with van der Waals surface area (Å²) in [4.78, 5) is 26.5. The van der Waals surface area contributed by atoms with Gasteiger partial charge in [-0.3, -0.25) is 14.5 Å². The Morgan fingerprint density at radius 3 is 2.31 bits per heavy atom. The molecule has 1 fully saturated rings. The van der Waals surface area contributed by atoms with Crippen LogP contribution in [0.25, 0.3) is 6.08 Å². The largest absolute Gasteiger partial charge is 0.497 e. The molecule has 10 heteroatoms. The molecule has 0 aromatic heterocycles. The van der Waals surface area contributed by atoms with Crippen LogP contribution >= 0.6 is 11.8 Å². The van der Waals surface area contributed by atoms with Crippen molar-refractivity contribution < 1.29 is 31.7 Å². The van der Waals surface area contributed by atoms with E-state index in [2.05, 4.69) is 0 Å². The zero-order chi connectivity index (χ0) is 25.7. The van der Waals surface area contributed by atoms with E-state index in [4.69, 9.17) is 13.7 Å². The van der Waals surface area contributed by atoms with Crippen LogP contribution in [0.3, 0.4) is 0 Å². The molecule has 3 aromatic rings. The van der Waals surface area contributed by atoms with Gasteiger partial charge in [-0.2, -0.15) is 8.42 Å². The van der Waals surface area contributed by atoms with Crippen LogP contribution in [-0.4, -0.2) is 44.7 Å². The van der Waals surface area contributed by atoms with E-state index in [1.54, 1.807) is 12.1 Å². The molecule has 0 aliphatic carbocycles. The fourth-order valence-electron chi connectivity index (χ4n) is 3.31. The minimum atomic E-state index is -4.07. The molecule has 186 valence electrons. The van der Waals surface area contributed by atoms with Gasteiger partial charge in [-0.15, -0.1) is 0 Å². The van der Waals surface area contributed by atoms with E-state index >= 15 is 0 Å². The first-order chi connectivity index (χ1) is 17.2. The van der Waals surface area contributed by atoms with E-state index in [1.807, 2.05) is 31.2 Å². The van der Waals surface area contributed by atoms with Gasteiger partial charge in [0.15, 0.2) is 0 Å². The third kappa shape index (κ3) is 6.07. The van der Waals surface area contributed by atoms with E-state index in [-0.39, 0.29) is 28.7 Å². The number of thioether (sulfide) groups is 1. The zero-order valence-corrected chi connectivity index (χ0v) is 21.2. The minimum absolute atomic E-state index is 0.0253. The van der Waals surface area contributed by atoms with Crippen molar-refractivity contribution in [1.29, 1.82) is 0 Å². The molecule has 0 spiro atoms. The number of imide groups is 1. The van der Waals surface area contributed by atoms with Gasteiger partial charge in [0.25, 0.3) is 11.1 Å². The number of rotatable bonds is 9. The van der Waals surface area contributed by atoms with Crippen LogP contribution in [0.15, 0.2) is 82.6 Å². The van der Waals surface area contributed by atoms with Crippen LogP contribution in [0, 0.1) is 6.92 Å². The van der Waals surface area contributed by atoms with Crippen molar-refractivity contribution in [2.45, 2.75) is 11.8 Å². The third-order valence-electron chi connectivity index (χ3n) is 5.19. The fraction of sp³-hybridized carbons (Fsp3) is 0.154. The topological polar surface area (TPSA) is 99.2 Å². The van der Waals surface area contributed by atoms with Crippen LogP contribution in [0.1, 0.15) is 11.1 Å². The summed E-state index contributed by atoms with van der Waals surface area (Å²) in [6.07, 6.45) is 1.53. The van der Waals surface area contributed by atoms with Crippen LogP contribution in [0.4, 0.5) is 4.79 Å². The first kappa shape index (κ1) is 25.3. The summed E-state index contributed by atoms with van der Waals surface area (Å²) in [5.74, 6) is 0.816. The Morgan fingerprint density at radius 2 is 1.61 bits per heavy atom. The number of nitrogens with zero attached hydrogens (tertiary/aromatic N) is 1. The molecule has 4 rings (SSSR count). The second kappa shape index (κ2) is 10.9. The molecule has 0 saturated carbocycles. The van der Waals surface area contributed by atoms with Gasteiger partial charge in [0.05, 0.1) is 18.6 Å². The smallest absolute Gasteiger partial charge is 0.339 e. The second-order valence-corrected chi connectivity index (χ2v) is 10.3. The summed E-state index contributed by atoms with van der Waals surface area (Å²) in [6.45, 7) is 2.25. The van der Waals surface area contributed by atoms with Crippen LogP contribution in [0.2, 0.25) is 0 Å². The van der Waals surface area contributed by atoms with Crippen molar-refractivity contribution in [3.05, 3.63) is 88.8 Å². The average molecular weight is 526 g/mol. The number of amides is 2. The van der Waals surface area contributed by atoms with Gasteiger partial charge in [-0.25, -0.2) is 0 Å². The molecule has 0 bridgehead atoms. The predicted molar refractivity (Wildman–Crippen MR) is 137 cm³/mol. The second-order valence-electron chi connectivity index (χ2n) is 7.78. The van der Waals surface area contributed by atoms with Crippen molar-refractivity contribution in [3.8, 4) is 17.2 Å². The lowest BCUT2D eigenvalue weighted by Gasteiger charge is -2.13. The number of ether oxygens (including phenoxy) is 2. The van der Waals surface area contributed by atoms with E-state index in [0.717, 1.165) is 22.2 Å². The zero-order valence-electron chi connectivity index (χ0n) is 19.5. The fourth-order valence-corrected chi connectivity index (χ4v) is 5.09. The number of methoxy groups -OCH3 is 1. The number of hydrogen-bond acceptors (Lipinski definition) is 8. The van der Waals surface area contributed by atoms with Crippen molar-refractivity contribution >= 4 is 39.1 Å². The summed E-state index contributed by atoms with van der Waals surface area (Å²) >= 11 is 0.816. The Bertz CT molecular complexity index is 1400. The maximum Gasteiger partial charge on any atom is 0.339 e. The molecule has 2 amide bonds. The van der Waals surface area contributed by atoms with Gasteiger partial charge in [-0.1, -0.05) is 29.8 Å². The van der Waals surface area contributed by atoms with E-state index < -0.39 is 21.3 Å². The molecule has 0 atom stereocenters. The highest BCUT2D eigenvalue weighted by molar-refractivity contribution is 8.18. The summed E-state index contributed by atoms with van der Waals surface area (Å²) in [7, 11) is -2.59. The lowest BCUT2D eigenvalue weighted by molar-refractivity contribution is -0.123. The molecule has 0 radical (unpaired) electrons. The Kier molecular flexibility index (Phi) is 7.66. The van der Waals surface area contributed by atoms with Crippen LogP contribution in [-0.2, 0) is 14.9 Å². The van der Waals surface area contributed by atoms with E-state index in [9.17, 15) is 18.0 Å². The quantitative estimate of drug-likeness (QED) is 0.288. The number of hydrogen-bond donors (Lipinski definition) is 0. The maximum atomic E-state index is 12.8. The van der Waals surface area contributed by atoms with Crippen molar-refractivity contribution in [3.63, 3.8) is 0 Å². The van der Waals surface area contributed by atoms with Crippen molar-refractivity contribution in [1.82, 2.24) is 4.90 Å². The Balaban J connectivity index is 1.42. The van der Waals surface area contributed by atoms with Gasteiger partial charge >= 0.3 is 10.1 Å². The average Bonchev–Trinajstić information content (AvgIpc) is 3.12. The van der Waals surface area contributed by atoms with Crippen molar-refractivity contribution in [2.75, 3.05) is 20.3 Å². The number of benzene rings is 3. The van der Waals surface area contributed by atoms with Crippen LogP contribution < -0.4 is 13.7 Å². The van der Waals surface area contributed by atoms with E-state index in [0.29, 0.717) is 17.1 Å². The summed E-state index contributed by atoms with van der Waals surface area (Å²) < 4.78 is 41.2. The molecule has 8 nitrogen and oxygen atoms in total. The number of carbonyl (C=O) groups is 2. The molecule has 1 heterocycles. The van der Waals surface area contributed by atoms with Gasteiger partial charge in [0, 0.05) is 0 Å². The highest BCUT2D eigenvalue weighted by atomic mass is 32.2. The lowest BCUT2D eigenvalue weighted by atomic mass is 10.2. The monoisotopic (exact) mass is 525 g/mol. The Hall–Kier alpha value is -3.76. The van der Waals surface area contributed by atoms with Gasteiger partial charge < -0.3 is 13.7 Å². The standard InChI is InChI=1S/C26H23NO7S2/c1-18-6-8-21(9-7-18)33-15-14-27-25(28)24(35-26(27)29)17-19-4-3-5-22(16-19)34-36(30,31)23-12-10-20(32-2)11-13-23/h3-13,16-17H,14-15H2,1-2H3/b24-17-. The molecule has 3 aromatic carbocycles. The Morgan fingerprint density at radius 1 is 0.917 bits per heavy atom. The first-order valence-corrected chi connectivity index (χ1v) is 13.1. The predicted octanol–water partition coefficient (Wildman–Crippen LogP) is 4.89. The van der Waals surface area contributed by atoms with Gasteiger partial charge in [0.2, 0.25) is 0 Å². The first-order valence-electron chi connectivity index (χ1n) is 10.9. The highest BCUT2D eigenvalue weighted by Gasteiger charge is 2.34. The number of carbonyl (C=O) groups excluding carboxylic acids is 2. The molecule has 0 N–H and O–H groups in total.